The topological polar surface area (TPSA) is 43.8 Å². The van der Waals surface area contributed by atoms with Crippen LogP contribution in [0.1, 0.15) is 24.0 Å². The molecular weight excluding hydrogens is 252 g/mol. The number of aryl methyl sites for hydroxylation is 1. The summed E-state index contributed by atoms with van der Waals surface area (Å²) in [6.07, 6.45) is 1.07. The maximum Gasteiger partial charge on any atom is 0.222 e. The van der Waals surface area contributed by atoms with Crippen molar-refractivity contribution in [2.24, 2.45) is 0 Å². The van der Waals surface area contributed by atoms with Crippen LogP contribution < -0.4 is 0 Å². The molecule has 1 N–H and O–H groups in total. The van der Waals surface area contributed by atoms with Crippen LogP contribution in [0, 0.1) is 6.92 Å². The Bertz CT molecular complexity index is 462. The number of amides is 1. The van der Waals surface area contributed by atoms with E-state index in [1.165, 1.54) is 11.1 Å². The Labute approximate surface area is 121 Å². The van der Waals surface area contributed by atoms with Crippen LogP contribution >= 0.6 is 0 Å². The van der Waals surface area contributed by atoms with Gasteiger partial charge in [-0.1, -0.05) is 24.3 Å². The van der Waals surface area contributed by atoms with Crippen LogP contribution in [0.2, 0.25) is 0 Å². The fourth-order valence-corrected chi connectivity index (χ4v) is 2.71. The van der Waals surface area contributed by atoms with Crippen LogP contribution in [-0.2, 0) is 11.3 Å². The van der Waals surface area contributed by atoms with Crippen molar-refractivity contribution in [2.75, 3.05) is 26.7 Å². The Kier molecular flexibility index (Phi) is 5.15. The van der Waals surface area contributed by atoms with Crippen molar-refractivity contribution in [2.45, 2.75) is 32.4 Å². The monoisotopic (exact) mass is 276 g/mol. The molecule has 1 unspecified atom stereocenters. The van der Waals surface area contributed by atoms with E-state index in [0.717, 1.165) is 19.5 Å². The van der Waals surface area contributed by atoms with Gasteiger partial charge in [0.15, 0.2) is 0 Å². The number of benzene rings is 1. The molecule has 0 aliphatic carbocycles. The lowest BCUT2D eigenvalue weighted by molar-refractivity contribution is -0.129. The van der Waals surface area contributed by atoms with E-state index in [-0.39, 0.29) is 5.91 Å². The van der Waals surface area contributed by atoms with Crippen molar-refractivity contribution in [1.29, 1.82) is 0 Å². The second kappa shape index (κ2) is 6.86. The van der Waals surface area contributed by atoms with Gasteiger partial charge < -0.3 is 10.0 Å². The molecule has 0 saturated carbocycles. The number of hydrogen-bond acceptors (Lipinski definition) is 3. The number of carbonyl (C=O) groups is 1. The summed E-state index contributed by atoms with van der Waals surface area (Å²) in [7, 11) is 2.00. The molecule has 1 aliphatic heterocycles. The Morgan fingerprint density at radius 3 is 2.80 bits per heavy atom. The number of aliphatic hydroxyl groups excluding tert-OH is 1. The third-order valence-electron chi connectivity index (χ3n) is 3.83. The minimum atomic E-state index is -0.480. The molecule has 1 atom stereocenters. The lowest BCUT2D eigenvalue weighted by Gasteiger charge is -2.25. The van der Waals surface area contributed by atoms with Crippen molar-refractivity contribution in [3.63, 3.8) is 0 Å². The maximum absolute atomic E-state index is 11.5. The van der Waals surface area contributed by atoms with E-state index in [9.17, 15) is 9.90 Å². The highest BCUT2D eigenvalue weighted by Gasteiger charge is 2.23. The Balaban J connectivity index is 1.80. The third-order valence-corrected chi connectivity index (χ3v) is 3.83. The van der Waals surface area contributed by atoms with Crippen LogP contribution in [0.3, 0.4) is 0 Å². The van der Waals surface area contributed by atoms with Crippen LogP contribution in [0.4, 0.5) is 0 Å². The van der Waals surface area contributed by atoms with Crippen LogP contribution in [0.15, 0.2) is 24.3 Å². The first kappa shape index (κ1) is 15.0. The Morgan fingerprint density at radius 2 is 2.15 bits per heavy atom. The summed E-state index contributed by atoms with van der Waals surface area (Å²) >= 11 is 0. The fraction of sp³-hybridized carbons (Fsp3) is 0.562. The van der Waals surface area contributed by atoms with E-state index in [1.807, 2.05) is 19.2 Å². The lowest BCUT2D eigenvalue weighted by atomic mass is 10.1. The van der Waals surface area contributed by atoms with Crippen molar-refractivity contribution in [3.8, 4) is 0 Å². The first-order valence-corrected chi connectivity index (χ1v) is 7.25. The molecule has 20 heavy (non-hydrogen) atoms. The molecule has 1 saturated heterocycles. The summed E-state index contributed by atoms with van der Waals surface area (Å²) in [4.78, 5) is 15.4. The first-order chi connectivity index (χ1) is 9.56. The van der Waals surface area contributed by atoms with Crippen molar-refractivity contribution in [1.82, 2.24) is 9.80 Å². The third kappa shape index (κ3) is 4.05. The van der Waals surface area contributed by atoms with E-state index in [2.05, 4.69) is 24.0 Å². The zero-order valence-electron chi connectivity index (χ0n) is 12.4. The number of nitrogens with zero attached hydrogens (tertiary/aromatic N) is 2. The van der Waals surface area contributed by atoms with Gasteiger partial charge in [-0.25, -0.2) is 0 Å². The minimum absolute atomic E-state index is 0.172. The molecule has 4 heteroatoms. The average molecular weight is 276 g/mol. The first-order valence-electron chi connectivity index (χ1n) is 7.25. The summed E-state index contributed by atoms with van der Waals surface area (Å²) in [5, 5.41) is 10.1. The second-order valence-corrected chi connectivity index (χ2v) is 5.72. The average Bonchev–Trinajstić information content (AvgIpc) is 2.77. The molecule has 1 amide bonds. The van der Waals surface area contributed by atoms with E-state index < -0.39 is 6.10 Å². The van der Waals surface area contributed by atoms with Crippen LogP contribution in [0.25, 0.3) is 0 Å². The van der Waals surface area contributed by atoms with Gasteiger partial charge in [0.05, 0.1) is 6.10 Å². The SMILES string of the molecule is Cc1ccccc1CN(C)CC(O)CN1CCCC1=O. The molecule has 0 spiro atoms. The van der Waals surface area contributed by atoms with Gasteiger partial charge in [-0.3, -0.25) is 9.69 Å². The highest BCUT2D eigenvalue weighted by atomic mass is 16.3. The van der Waals surface area contributed by atoms with Crippen molar-refractivity contribution < 1.29 is 9.90 Å². The molecule has 1 fully saturated rings. The molecule has 0 bridgehead atoms. The zero-order chi connectivity index (χ0) is 14.5. The molecular formula is C16H24N2O2. The molecule has 1 aliphatic rings. The molecule has 1 aromatic carbocycles. The zero-order valence-corrected chi connectivity index (χ0v) is 12.4. The summed E-state index contributed by atoms with van der Waals surface area (Å²) in [6, 6.07) is 8.28. The van der Waals surface area contributed by atoms with Gasteiger partial charge in [-0.15, -0.1) is 0 Å². The number of rotatable bonds is 6. The van der Waals surface area contributed by atoms with Gasteiger partial charge in [-0.05, 0) is 31.5 Å². The van der Waals surface area contributed by atoms with Gasteiger partial charge in [0.25, 0.3) is 0 Å². The summed E-state index contributed by atoms with van der Waals surface area (Å²) in [5.74, 6) is 0.172. The summed E-state index contributed by atoms with van der Waals surface area (Å²) in [5.41, 5.74) is 2.54. The smallest absolute Gasteiger partial charge is 0.222 e. The van der Waals surface area contributed by atoms with E-state index in [0.29, 0.717) is 19.5 Å². The van der Waals surface area contributed by atoms with Gasteiger partial charge in [0.2, 0.25) is 5.91 Å². The molecule has 4 nitrogen and oxygen atoms in total. The minimum Gasteiger partial charge on any atom is -0.390 e. The molecule has 110 valence electrons. The van der Waals surface area contributed by atoms with E-state index >= 15 is 0 Å². The largest absolute Gasteiger partial charge is 0.390 e. The van der Waals surface area contributed by atoms with Crippen molar-refractivity contribution >= 4 is 5.91 Å². The van der Waals surface area contributed by atoms with Gasteiger partial charge in [0, 0.05) is 32.6 Å². The number of β-amino-alcohol motifs (C(OH)–C–C–N with tert-alkyl or cyclic N) is 1. The van der Waals surface area contributed by atoms with Gasteiger partial charge in [0.1, 0.15) is 0 Å². The summed E-state index contributed by atoms with van der Waals surface area (Å²) < 4.78 is 0. The molecule has 0 radical (unpaired) electrons. The lowest BCUT2D eigenvalue weighted by Crippen LogP contribution is -2.39. The highest BCUT2D eigenvalue weighted by Crippen LogP contribution is 2.12. The predicted molar refractivity (Wildman–Crippen MR) is 79.3 cm³/mol. The van der Waals surface area contributed by atoms with Gasteiger partial charge >= 0.3 is 0 Å². The number of likely N-dealkylation sites (N-methyl/N-ethyl adjacent to an activating group) is 1. The Hall–Kier alpha value is -1.39. The number of likely N-dealkylation sites (tertiary alicyclic amines) is 1. The van der Waals surface area contributed by atoms with E-state index in [4.69, 9.17) is 0 Å². The van der Waals surface area contributed by atoms with Crippen LogP contribution in [0.5, 0.6) is 0 Å². The van der Waals surface area contributed by atoms with Crippen molar-refractivity contribution in [3.05, 3.63) is 35.4 Å². The number of hydrogen-bond donors (Lipinski definition) is 1. The maximum atomic E-state index is 11.5. The number of carbonyl (C=O) groups excluding carboxylic acids is 1. The molecule has 1 aromatic rings. The van der Waals surface area contributed by atoms with Gasteiger partial charge in [-0.2, -0.15) is 0 Å². The van der Waals surface area contributed by atoms with Crippen LogP contribution in [-0.4, -0.2) is 53.6 Å². The summed E-state index contributed by atoms with van der Waals surface area (Å²) in [6.45, 7) is 4.74. The molecule has 0 aromatic heterocycles. The Morgan fingerprint density at radius 1 is 1.40 bits per heavy atom. The number of aliphatic hydroxyl groups is 1. The normalized spacial score (nSPS) is 17.0. The quantitative estimate of drug-likeness (QED) is 0.854. The molecule has 1 heterocycles. The molecule has 2 rings (SSSR count). The second-order valence-electron chi connectivity index (χ2n) is 5.72. The predicted octanol–water partition coefficient (Wildman–Crippen LogP) is 1.41. The fourth-order valence-electron chi connectivity index (χ4n) is 2.71. The van der Waals surface area contributed by atoms with E-state index in [1.54, 1.807) is 4.90 Å². The standard InChI is InChI=1S/C16H24N2O2/c1-13-6-3-4-7-14(13)10-17(2)11-15(19)12-18-9-5-8-16(18)20/h3-4,6-7,15,19H,5,8-12H2,1-2H3. The highest BCUT2D eigenvalue weighted by molar-refractivity contribution is 5.78.